The van der Waals surface area contributed by atoms with E-state index < -0.39 is 5.89 Å². The topological polar surface area (TPSA) is 35.2 Å². The van der Waals surface area contributed by atoms with Crippen molar-refractivity contribution in [2.75, 3.05) is 4.90 Å². The molecule has 5 nitrogen and oxygen atoms in total. The van der Waals surface area contributed by atoms with Crippen LogP contribution in [0.25, 0.3) is 82.1 Å². The third kappa shape index (κ3) is 8.05. The molecule has 1 aliphatic heterocycles. The highest BCUT2D eigenvalue weighted by Gasteiger charge is 2.29. The van der Waals surface area contributed by atoms with Crippen molar-refractivity contribution in [2.45, 2.75) is 105 Å². The molecule has 74 heavy (non-hydrogen) atoms. The predicted molar refractivity (Wildman–Crippen MR) is 315 cm³/mol. The molecule has 0 aliphatic carbocycles. The predicted octanol–water partition coefficient (Wildman–Crippen LogP) is 19.3. The molecule has 0 N–H and O–H groups in total. The van der Waals surface area contributed by atoms with Crippen molar-refractivity contribution < 1.29 is 6.11 Å². The average molecular weight is 968 g/mol. The van der Waals surface area contributed by atoms with E-state index in [9.17, 15) is 1.37 Å². The van der Waals surface area contributed by atoms with Gasteiger partial charge in [0.2, 0.25) is 0 Å². The van der Waals surface area contributed by atoms with Crippen molar-refractivity contribution in [1.29, 1.82) is 0 Å². The first-order chi connectivity index (χ1) is 35.7. The first-order valence-corrected chi connectivity index (χ1v) is 26.2. The zero-order valence-electron chi connectivity index (χ0n) is 45.7. The molecule has 0 radical (unpaired) electrons. The smallest absolute Gasteiger partial charge is 0.137 e. The van der Waals surface area contributed by atoms with Crippen LogP contribution in [0.15, 0.2) is 182 Å². The van der Waals surface area contributed by atoms with Crippen LogP contribution in [0.4, 0.5) is 11.4 Å². The molecule has 1 aliphatic rings. The van der Waals surface area contributed by atoms with Crippen LogP contribution in [-0.4, -0.2) is 14.1 Å². The van der Waals surface area contributed by atoms with Gasteiger partial charge in [0.15, 0.2) is 0 Å². The van der Waals surface area contributed by atoms with Gasteiger partial charge in [-0.25, -0.2) is 4.98 Å². The van der Waals surface area contributed by atoms with E-state index in [0.717, 1.165) is 72.7 Å². The van der Waals surface area contributed by atoms with E-state index in [1.165, 1.54) is 54.5 Å². The van der Waals surface area contributed by atoms with E-state index in [1.807, 2.05) is 20.0 Å². The van der Waals surface area contributed by atoms with Crippen LogP contribution in [0, 0.1) is 0 Å². The lowest BCUT2D eigenvalue weighted by Crippen LogP contribution is -2.16. The highest BCUT2D eigenvalue weighted by molar-refractivity contribution is 6.22. The maximum atomic E-state index is 9.34. The van der Waals surface area contributed by atoms with Gasteiger partial charge in [-0.3, -0.25) is 4.57 Å². The van der Waals surface area contributed by atoms with E-state index in [-0.39, 0.29) is 16.2 Å². The number of aromatic nitrogens is 3. The number of fused-ring (bicyclic) bond motifs is 10. The fourth-order valence-corrected chi connectivity index (χ4v) is 11.3. The Kier molecular flexibility index (Phi) is 10.8. The van der Waals surface area contributed by atoms with Gasteiger partial charge in [-0.05, 0) is 126 Å². The molecule has 0 fully saturated rings. The molecular formula is C69H66N4O. The first-order valence-electron chi connectivity index (χ1n) is 26.7. The van der Waals surface area contributed by atoms with E-state index >= 15 is 0 Å². The molecule has 0 spiro atoms. The first kappa shape index (κ1) is 45.9. The van der Waals surface area contributed by atoms with Crippen LogP contribution in [0.2, 0.25) is 0 Å². The number of pyridine rings is 1. The Morgan fingerprint density at radius 3 is 1.77 bits per heavy atom. The van der Waals surface area contributed by atoms with Crippen LogP contribution >= 0.6 is 0 Å². The minimum absolute atomic E-state index is 0.0302. The number of benzene rings is 8. The number of nitrogens with zero attached hydrogens (tertiary/aromatic N) is 4. The van der Waals surface area contributed by atoms with Gasteiger partial charge in [0, 0.05) is 52.5 Å². The second kappa shape index (κ2) is 17.4. The van der Waals surface area contributed by atoms with Gasteiger partial charge in [0.25, 0.3) is 0 Å². The van der Waals surface area contributed by atoms with Gasteiger partial charge in [0.1, 0.15) is 24.0 Å². The monoisotopic (exact) mass is 968 g/mol. The second-order valence-electron chi connectivity index (χ2n) is 23.8. The van der Waals surface area contributed by atoms with Gasteiger partial charge >= 0.3 is 0 Å². The summed E-state index contributed by atoms with van der Waals surface area (Å²) >= 11 is 0. The Hall–Kier alpha value is -7.89. The fourth-order valence-electron chi connectivity index (χ4n) is 11.3. The maximum absolute atomic E-state index is 9.34. The van der Waals surface area contributed by atoms with Gasteiger partial charge < -0.3 is 14.2 Å². The molecule has 0 saturated carbocycles. The SMILES string of the molecule is [2H]C(C)(C)c1cc(-c2cccc3c4ccccc4c4ccccc4c4cc(C(C)(C)C)cc5c4n(c23)CN5c2cccc(Oc3ccc4c5ccccc5n(-c5cc(C(C)(C)C)ccn5)c4c3)c2)cc(C(C)(C)C)c1. The number of anilines is 2. The zero-order chi connectivity index (χ0) is 52.3. The molecule has 0 saturated heterocycles. The molecule has 4 heterocycles. The summed E-state index contributed by atoms with van der Waals surface area (Å²) in [5, 5.41) is 9.47. The van der Waals surface area contributed by atoms with E-state index in [2.05, 4.69) is 252 Å². The highest BCUT2D eigenvalue weighted by atomic mass is 16.5. The van der Waals surface area contributed by atoms with Gasteiger partial charge in [-0.2, -0.15) is 0 Å². The fraction of sp³-hybridized carbons (Fsp3) is 0.232. The summed E-state index contributed by atoms with van der Waals surface area (Å²) in [5.41, 5.74) is 13.3. The Labute approximate surface area is 437 Å². The van der Waals surface area contributed by atoms with E-state index in [0.29, 0.717) is 6.67 Å². The standard InChI is InChI=1S/C69H66N4O/c1-43(2)44-34-45(36-47(35-44)68(6,7)8)52-27-19-28-59-55-24-14-12-22-53(55)54-23-13-15-25-56(54)60-37-48(69(9,10)11)38-63-66(60)72(65(52)59)42-71(63)49-20-18-21-50(40-49)74-51-30-31-58-57-26-16-17-29-61(57)73(62(58)41-51)64-39-46(32-33-70-64)67(3,4)5/h12-41,43H,42H2,1-11H3/i43D. The van der Waals surface area contributed by atoms with Gasteiger partial charge in [-0.15, -0.1) is 0 Å². The van der Waals surface area contributed by atoms with Gasteiger partial charge in [0.05, 0.1) is 27.8 Å². The third-order valence-electron chi connectivity index (χ3n) is 15.4. The lowest BCUT2D eigenvalue weighted by atomic mass is 9.82. The van der Waals surface area contributed by atoms with Crippen molar-refractivity contribution in [3.63, 3.8) is 0 Å². The minimum Gasteiger partial charge on any atom is -0.457 e. The molecule has 8 aromatic carbocycles. The van der Waals surface area contributed by atoms with Crippen LogP contribution in [0.5, 0.6) is 11.5 Å². The Bertz CT molecular complexity index is 4150. The molecule has 0 amide bonds. The molecule has 0 bridgehead atoms. The third-order valence-corrected chi connectivity index (χ3v) is 15.4. The van der Waals surface area contributed by atoms with Crippen molar-refractivity contribution in [3.05, 3.63) is 204 Å². The quantitative estimate of drug-likeness (QED) is 0.167. The largest absolute Gasteiger partial charge is 0.457 e. The van der Waals surface area contributed by atoms with E-state index in [4.69, 9.17) is 9.72 Å². The van der Waals surface area contributed by atoms with Crippen molar-refractivity contribution in [2.24, 2.45) is 0 Å². The maximum Gasteiger partial charge on any atom is 0.137 e. The molecule has 3 aromatic heterocycles. The summed E-state index contributed by atoms with van der Waals surface area (Å²) in [6.45, 7) is 25.1. The van der Waals surface area contributed by atoms with Crippen molar-refractivity contribution >= 4 is 76.5 Å². The summed E-state index contributed by atoms with van der Waals surface area (Å²) in [5.74, 6) is 1.59. The summed E-state index contributed by atoms with van der Waals surface area (Å²) in [4.78, 5) is 7.42. The molecule has 11 aromatic rings. The number of hydrogen-bond donors (Lipinski definition) is 0. The summed E-state index contributed by atoms with van der Waals surface area (Å²) in [6, 6.07) is 64.4. The highest BCUT2D eigenvalue weighted by Crippen LogP contribution is 2.48. The minimum atomic E-state index is -0.801. The van der Waals surface area contributed by atoms with Crippen molar-refractivity contribution in [1.82, 2.24) is 14.1 Å². The normalized spacial score (nSPS) is 13.4. The lowest BCUT2D eigenvalue weighted by molar-refractivity contribution is 0.483. The lowest BCUT2D eigenvalue weighted by Gasteiger charge is -2.24. The van der Waals surface area contributed by atoms with Crippen LogP contribution in [-0.2, 0) is 22.9 Å². The van der Waals surface area contributed by atoms with Crippen molar-refractivity contribution in [3.8, 4) is 28.4 Å². The molecule has 0 unspecified atom stereocenters. The van der Waals surface area contributed by atoms with Crippen LogP contribution in [0.1, 0.15) is 106 Å². The molecule has 5 heteroatoms. The zero-order valence-corrected chi connectivity index (χ0v) is 44.7. The van der Waals surface area contributed by atoms with Gasteiger partial charge in [-0.1, -0.05) is 185 Å². The van der Waals surface area contributed by atoms with E-state index in [1.54, 1.807) is 0 Å². The molecule has 0 atom stereocenters. The molecule has 12 rings (SSSR count). The Morgan fingerprint density at radius 2 is 1.08 bits per heavy atom. The number of hydrogen-bond acceptors (Lipinski definition) is 3. The summed E-state index contributed by atoms with van der Waals surface area (Å²) < 4.78 is 21.2. The Balaban J connectivity index is 1.10. The average Bonchev–Trinajstić information content (AvgIpc) is 3.96. The number of rotatable bonds is 6. The summed E-state index contributed by atoms with van der Waals surface area (Å²) in [7, 11) is 0. The van der Waals surface area contributed by atoms with Crippen LogP contribution in [0.3, 0.4) is 0 Å². The number of ether oxygens (including phenoxy) is 1. The van der Waals surface area contributed by atoms with Crippen LogP contribution < -0.4 is 9.64 Å². The molecular weight excluding hydrogens is 901 g/mol. The summed E-state index contributed by atoms with van der Waals surface area (Å²) in [6.07, 6.45) is 1.93. The second-order valence-corrected chi connectivity index (χ2v) is 23.8. The molecule has 368 valence electrons. The number of para-hydroxylation sites is 2. The Morgan fingerprint density at radius 1 is 0.486 bits per heavy atom.